The van der Waals surface area contributed by atoms with E-state index in [1.54, 1.807) is 6.92 Å². The number of aromatic nitrogens is 1. The van der Waals surface area contributed by atoms with Gasteiger partial charge in [-0.1, -0.05) is 0 Å². The molecule has 1 aliphatic rings. The molecule has 35 heavy (non-hydrogen) atoms. The third-order valence-electron chi connectivity index (χ3n) is 5.28. The van der Waals surface area contributed by atoms with E-state index in [1.807, 2.05) is 5.32 Å². The van der Waals surface area contributed by atoms with E-state index in [1.165, 1.54) is 7.05 Å². The highest BCUT2D eigenvalue weighted by Crippen LogP contribution is 2.25. The smallest absolute Gasteiger partial charge is 0.410 e. The zero-order valence-electron chi connectivity index (χ0n) is 18.5. The van der Waals surface area contributed by atoms with Crippen molar-refractivity contribution in [2.45, 2.75) is 30.3 Å². The molecular weight excluding hydrogens is 500 g/mol. The number of hydrogen-bond acceptors (Lipinski definition) is 6. The van der Waals surface area contributed by atoms with Crippen LogP contribution in [0.1, 0.15) is 23.8 Å². The molecule has 1 fully saturated rings. The number of nitrogens with one attached hydrogen (secondary N) is 2. The van der Waals surface area contributed by atoms with E-state index in [-0.39, 0.29) is 19.6 Å². The Balaban J connectivity index is 1.81. The lowest BCUT2D eigenvalue weighted by molar-refractivity contribution is 0.0882. The van der Waals surface area contributed by atoms with Crippen LogP contribution in [0.3, 0.4) is 0 Å². The lowest BCUT2D eigenvalue weighted by Gasteiger charge is -2.21. The number of sulfonamides is 1. The van der Waals surface area contributed by atoms with Crippen molar-refractivity contribution < 1.29 is 45.4 Å². The number of halogens is 4. The highest BCUT2D eigenvalue weighted by atomic mass is 32.2. The van der Waals surface area contributed by atoms with Gasteiger partial charge in [-0.05, 0) is 13.3 Å². The number of carbonyl (C=O) groups is 2. The minimum Gasteiger partial charge on any atom is -0.450 e. The number of rotatable bonds is 7. The van der Waals surface area contributed by atoms with Gasteiger partial charge in [0.15, 0.2) is 23.3 Å². The summed E-state index contributed by atoms with van der Waals surface area (Å²) in [7, 11) is -3.38. The summed E-state index contributed by atoms with van der Waals surface area (Å²) in [5.74, 6) is -7.63. The number of aliphatic hydroxyl groups is 1. The molecule has 2 atom stereocenters. The van der Waals surface area contributed by atoms with Gasteiger partial charge in [0.2, 0.25) is 10.0 Å². The molecule has 2 heterocycles. The normalized spacial score (nSPS) is 18.1. The number of likely N-dealkylation sites (tertiary alicyclic amines) is 1. The second kappa shape index (κ2) is 10.2. The summed E-state index contributed by atoms with van der Waals surface area (Å²) in [6.07, 6.45) is 0.102. The molecule has 192 valence electrons. The van der Waals surface area contributed by atoms with Gasteiger partial charge in [-0.2, -0.15) is 0 Å². The van der Waals surface area contributed by atoms with E-state index >= 15 is 4.39 Å². The topological polar surface area (TPSA) is 130 Å². The van der Waals surface area contributed by atoms with Gasteiger partial charge >= 0.3 is 6.09 Å². The molecule has 2 amide bonds. The van der Waals surface area contributed by atoms with Gasteiger partial charge in [0.25, 0.3) is 5.91 Å². The quantitative estimate of drug-likeness (QED) is 0.375. The summed E-state index contributed by atoms with van der Waals surface area (Å²) in [6, 6.07) is -0.657. The maximum Gasteiger partial charge on any atom is 0.410 e. The number of hydrogen-bond donors (Lipinski definition) is 3. The van der Waals surface area contributed by atoms with E-state index < -0.39 is 80.3 Å². The van der Waals surface area contributed by atoms with Crippen LogP contribution >= 0.6 is 0 Å². The number of anilines is 1. The third kappa shape index (κ3) is 5.41. The Bertz CT molecular complexity index is 1230. The lowest BCUT2D eigenvalue weighted by atomic mass is 10.2. The molecule has 1 aromatic carbocycles. The number of carbonyl (C=O) groups excluding carboxylic acids is 2. The van der Waals surface area contributed by atoms with Crippen LogP contribution in [0.4, 0.5) is 28.0 Å². The van der Waals surface area contributed by atoms with Gasteiger partial charge < -0.3 is 24.6 Å². The molecule has 1 aliphatic heterocycles. The molecule has 3 rings (SSSR count). The van der Waals surface area contributed by atoms with E-state index in [9.17, 15) is 36.3 Å². The predicted molar refractivity (Wildman–Crippen MR) is 113 cm³/mol. The molecule has 0 bridgehead atoms. The van der Waals surface area contributed by atoms with Crippen molar-refractivity contribution in [3.05, 3.63) is 47.3 Å². The number of aliphatic hydroxyl groups excluding tert-OH is 1. The summed E-state index contributed by atoms with van der Waals surface area (Å²) in [4.78, 5) is 24.8. The van der Waals surface area contributed by atoms with Crippen molar-refractivity contribution in [3.63, 3.8) is 0 Å². The maximum absolute atomic E-state index is 15.1. The fourth-order valence-corrected chi connectivity index (χ4v) is 5.09. The van der Waals surface area contributed by atoms with Crippen molar-refractivity contribution in [3.8, 4) is 0 Å². The van der Waals surface area contributed by atoms with Crippen molar-refractivity contribution >= 4 is 27.7 Å². The van der Waals surface area contributed by atoms with Crippen LogP contribution in [0.2, 0.25) is 0 Å². The predicted octanol–water partition coefficient (Wildman–Crippen LogP) is 1.70. The van der Waals surface area contributed by atoms with Gasteiger partial charge in [-0.3, -0.25) is 4.79 Å². The van der Waals surface area contributed by atoms with Crippen LogP contribution < -0.4 is 10.0 Å². The molecule has 0 saturated carbocycles. The van der Waals surface area contributed by atoms with Crippen LogP contribution in [-0.2, 0) is 21.8 Å². The number of ether oxygens (including phenoxy) is 1. The van der Waals surface area contributed by atoms with E-state index in [0.717, 1.165) is 15.7 Å². The summed E-state index contributed by atoms with van der Waals surface area (Å²) in [6.45, 7) is 1.05. The van der Waals surface area contributed by atoms with Crippen LogP contribution in [0, 0.1) is 23.3 Å². The average Bonchev–Trinajstić information content (AvgIpc) is 3.31. The van der Waals surface area contributed by atoms with Crippen molar-refractivity contribution in [1.29, 1.82) is 0 Å². The number of amides is 2. The largest absolute Gasteiger partial charge is 0.450 e. The molecular formula is C20H22F4N4O6S. The van der Waals surface area contributed by atoms with Crippen LogP contribution in [0.15, 0.2) is 23.2 Å². The Hall–Kier alpha value is -3.17. The zero-order valence-corrected chi connectivity index (χ0v) is 19.3. The minimum atomic E-state index is -4.55. The highest BCUT2D eigenvalue weighted by Gasteiger charge is 2.39. The Labute approximate surface area is 197 Å². The molecule has 3 N–H and O–H groups in total. The molecule has 0 aliphatic carbocycles. The van der Waals surface area contributed by atoms with Crippen molar-refractivity contribution in [1.82, 2.24) is 14.2 Å². The molecule has 0 spiro atoms. The lowest BCUT2D eigenvalue weighted by Crippen LogP contribution is -2.40. The zero-order chi connectivity index (χ0) is 26.1. The van der Waals surface area contributed by atoms with Crippen LogP contribution in [0.25, 0.3) is 0 Å². The molecule has 15 heteroatoms. The molecule has 0 unspecified atom stereocenters. The SMILES string of the molecule is CCOC(=O)N1C[C@H](NS(=O)(=O)c2cn(C)c(C(=O)Nc3cc(F)c(F)c(F)c3)c2F)C[C@@H]1CO. The first-order valence-electron chi connectivity index (χ1n) is 10.3. The first kappa shape index (κ1) is 26.4. The first-order chi connectivity index (χ1) is 16.4. The number of aryl methyl sites for hydroxylation is 1. The Morgan fingerprint density at radius 2 is 1.80 bits per heavy atom. The standard InChI is InChI=1S/C20H22F4N4O6S/c1-3-34-20(31)28-7-11(4-12(28)9-29)26-35(32,33)15-8-27(2)18(17(15)24)19(30)25-10-5-13(21)16(23)14(22)6-10/h5-6,8,11-12,26,29H,3-4,7,9H2,1-2H3,(H,25,30)/t11-,12-/m1/s1. The fraction of sp³-hybridized carbons (Fsp3) is 0.400. The molecule has 10 nitrogen and oxygen atoms in total. The summed E-state index contributed by atoms with van der Waals surface area (Å²) < 4.78 is 88.6. The van der Waals surface area contributed by atoms with E-state index in [2.05, 4.69) is 4.72 Å². The number of nitrogens with zero attached hydrogens (tertiary/aromatic N) is 2. The van der Waals surface area contributed by atoms with Crippen molar-refractivity contribution in [2.24, 2.45) is 7.05 Å². The second-order valence-electron chi connectivity index (χ2n) is 7.72. The average molecular weight is 522 g/mol. The summed E-state index contributed by atoms with van der Waals surface area (Å²) in [5.41, 5.74) is -1.29. The van der Waals surface area contributed by atoms with Gasteiger partial charge in [0.05, 0.1) is 19.3 Å². The Morgan fingerprint density at radius 1 is 1.17 bits per heavy atom. The Kier molecular flexibility index (Phi) is 7.71. The molecule has 1 saturated heterocycles. The van der Waals surface area contributed by atoms with Gasteiger partial charge in [0, 0.05) is 43.7 Å². The molecule has 1 aromatic heterocycles. The van der Waals surface area contributed by atoms with E-state index in [4.69, 9.17) is 4.74 Å². The van der Waals surface area contributed by atoms with Crippen molar-refractivity contribution in [2.75, 3.05) is 25.1 Å². The molecule has 2 aromatic rings. The van der Waals surface area contributed by atoms with Gasteiger partial charge in [0.1, 0.15) is 10.6 Å². The minimum absolute atomic E-state index is 0.0258. The van der Waals surface area contributed by atoms with Gasteiger partial charge in [-0.25, -0.2) is 35.5 Å². The Morgan fingerprint density at radius 3 is 2.37 bits per heavy atom. The third-order valence-corrected chi connectivity index (χ3v) is 6.79. The van der Waals surface area contributed by atoms with E-state index in [0.29, 0.717) is 12.1 Å². The summed E-state index contributed by atoms with van der Waals surface area (Å²) in [5, 5.41) is 11.5. The number of benzene rings is 1. The summed E-state index contributed by atoms with van der Waals surface area (Å²) >= 11 is 0. The van der Waals surface area contributed by atoms with Crippen LogP contribution in [-0.4, -0.2) is 66.8 Å². The van der Waals surface area contributed by atoms with Crippen LogP contribution in [0.5, 0.6) is 0 Å². The van der Waals surface area contributed by atoms with Gasteiger partial charge in [-0.15, -0.1) is 0 Å². The highest BCUT2D eigenvalue weighted by molar-refractivity contribution is 7.89. The monoisotopic (exact) mass is 522 g/mol. The second-order valence-corrected chi connectivity index (χ2v) is 9.40. The molecule has 0 radical (unpaired) electrons. The first-order valence-corrected chi connectivity index (χ1v) is 11.7. The maximum atomic E-state index is 15.1. The fourth-order valence-electron chi connectivity index (χ4n) is 3.72.